The average molecular weight is 454 g/mol. The first kappa shape index (κ1) is 22.1. The van der Waals surface area contributed by atoms with Crippen molar-refractivity contribution in [3.8, 4) is 5.75 Å². The maximum absolute atomic E-state index is 12.8. The standard InChI is InChI=1S/C19H23N3O6S2/c1-14(23)20-18-13-16(8-9-19(18)28-2)29(24,25)21-15-6-5-7-17(12-15)30(26,27)22-10-3-4-11-22/h5-9,12-13,21H,3-4,10-11H2,1-2H3,(H,20,23). The van der Waals surface area contributed by atoms with E-state index in [9.17, 15) is 21.6 Å². The summed E-state index contributed by atoms with van der Waals surface area (Å²) in [5, 5.41) is 2.52. The first-order valence-corrected chi connectivity index (χ1v) is 12.1. The van der Waals surface area contributed by atoms with Gasteiger partial charge in [0.15, 0.2) is 0 Å². The van der Waals surface area contributed by atoms with E-state index in [0.29, 0.717) is 18.8 Å². The Morgan fingerprint density at radius 2 is 1.70 bits per heavy atom. The normalized spacial score (nSPS) is 15.0. The van der Waals surface area contributed by atoms with Gasteiger partial charge in [0.05, 0.1) is 28.3 Å². The molecule has 0 spiro atoms. The van der Waals surface area contributed by atoms with E-state index in [-0.39, 0.29) is 27.1 Å². The Morgan fingerprint density at radius 3 is 2.33 bits per heavy atom. The van der Waals surface area contributed by atoms with E-state index in [1.807, 2.05) is 0 Å². The van der Waals surface area contributed by atoms with Gasteiger partial charge in [-0.05, 0) is 49.2 Å². The van der Waals surface area contributed by atoms with Crippen LogP contribution in [0, 0.1) is 0 Å². The van der Waals surface area contributed by atoms with Crippen molar-refractivity contribution in [2.24, 2.45) is 0 Å². The van der Waals surface area contributed by atoms with Gasteiger partial charge in [0.2, 0.25) is 15.9 Å². The number of amides is 1. The summed E-state index contributed by atoms with van der Waals surface area (Å²) in [5.74, 6) is -0.0709. The molecule has 2 aromatic carbocycles. The maximum Gasteiger partial charge on any atom is 0.261 e. The van der Waals surface area contributed by atoms with Gasteiger partial charge >= 0.3 is 0 Å². The van der Waals surface area contributed by atoms with Gasteiger partial charge in [0.25, 0.3) is 10.0 Å². The quantitative estimate of drug-likeness (QED) is 0.663. The third-order valence-electron chi connectivity index (χ3n) is 4.58. The molecule has 30 heavy (non-hydrogen) atoms. The second-order valence-corrected chi connectivity index (χ2v) is 10.4. The zero-order valence-corrected chi connectivity index (χ0v) is 18.2. The Morgan fingerprint density at radius 1 is 1.00 bits per heavy atom. The van der Waals surface area contributed by atoms with Crippen molar-refractivity contribution in [2.45, 2.75) is 29.6 Å². The highest BCUT2D eigenvalue weighted by Gasteiger charge is 2.27. The molecule has 11 heteroatoms. The molecule has 162 valence electrons. The number of anilines is 2. The number of ether oxygens (including phenoxy) is 1. The van der Waals surface area contributed by atoms with Crippen molar-refractivity contribution in [1.82, 2.24) is 4.31 Å². The minimum atomic E-state index is -4.04. The van der Waals surface area contributed by atoms with Crippen LogP contribution in [0.4, 0.5) is 11.4 Å². The molecule has 1 aliphatic rings. The molecule has 0 saturated carbocycles. The van der Waals surface area contributed by atoms with E-state index in [1.165, 1.54) is 60.8 Å². The fraction of sp³-hybridized carbons (Fsp3) is 0.316. The number of nitrogens with one attached hydrogen (secondary N) is 2. The monoisotopic (exact) mass is 453 g/mol. The Bertz CT molecular complexity index is 1160. The van der Waals surface area contributed by atoms with Gasteiger partial charge in [-0.2, -0.15) is 4.31 Å². The fourth-order valence-electron chi connectivity index (χ4n) is 3.15. The zero-order valence-electron chi connectivity index (χ0n) is 16.6. The predicted octanol–water partition coefficient (Wildman–Crippen LogP) is 2.24. The number of carbonyl (C=O) groups is 1. The van der Waals surface area contributed by atoms with E-state index < -0.39 is 20.0 Å². The van der Waals surface area contributed by atoms with Crippen LogP contribution in [0.1, 0.15) is 19.8 Å². The molecule has 0 aliphatic carbocycles. The van der Waals surface area contributed by atoms with E-state index in [0.717, 1.165) is 12.8 Å². The Balaban J connectivity index is 1.90. The van der Waals surface area contributed by atoms with E-state index in [2.05, 4.69) is 10.0 Å². The van der Waals surface area contributed by atoms with Gasteiger partial charge < -0.3 is 10.1 Å². The van der Waals surface area contributed by atoms with Crippen molar-refractivity contribution in [2.75, 3.05) is 30.2 Å². The number of benzene rings is 2. The highest BCUT2D eigenvalue weighted by Crippen LogP contribution is 2.29. The van der Waals surface area contributed by atoms with Crippen LogP contribution in [-0.4, -0.2) is 47.2 Å². The first-order chi connectivity index (χ1) is 14.1. The van der Waals surface area contributed by atoms with E-state index >= 15 is 0 Å². The molecule has 1 amide bonds. The molecule has 0 atom stereocenters. The molecule has 0 aromatic heterocycles. The first-order valence-electron chi connectivity index (χ1n) is 9.22. The van der Waals surface area contributed by atoms with Gasteiger partial charge in [0, 0.05) is 20.0 Å². The number of rotatable bonds is 7. The number of carbonyl (C=O) groups excluding carboxylic acids is 1. The maximum atomic E-state index is 12.8. The molecule has 1 aliphatic heterocycles. The Hall–Kier alpha value is -2.63. The Labute approximate surface area is 176 Å². The predicted molar refractivity (Wildman–Crippen MR) is 113 cm³/mol. The van der Waals surface area contributed by atoms with Crippen LogP contribution in [0.5, 0.6) is 5.75 Å². The summed E-state index contributed by atoms with van der Waals surface area (Å²) < 4.78 is 60.1. The summed E-state index contributed by atoms with van der Waals surface area (Å²) in [7, 11) is -6.32. The van der Waals surface area contributed by atoms with E-state index in [1.54, 1.807) is 0 Å². The van der Waals surface area contributed by atoms with Gasteiger partial charge in [-0.25, -0.2) is 16.8 Å². The third-order valence-corrected chi connectivity index (χ3v) is 7.85. The number of sulfonamides is 2. The smallest absolute Gasteiger partial charge is 0.261 e. The summed E-state index contributed by atoms with van der Waals surface area (Å²) in [5.41, 5.74) is 0.324. The Kier molecular flexibility index (Phi) is 6.34. The van der Waals surface area contributed by atoms with Crippen LogP contribution in [0.2, 0.25) is 0 Å². The molecule has 1 fully saturated rings. The van der Waals surface area contributed by atoms with Crippen molar-refractivity contribution in [3.63, 3.8) is 0 Å². The second kappa shape index (κ2) is 8.62. The lowest BCUT2D eigenvalue weighted by atomic mass is 10.3. The summed E-state index contributed by atoms with van der Waals surface area (Å²) in [6.45, 7) is 2.21. The second-order valence-electron chi connectivity index (χ2n) is 6.79. The van der Waals surface area contributed by atoms with Crippen molar-refractivity contribution < 1.29 is 26.4 Å². The molecule has 9 nitrogen and oxygen atoms in total. The summed E-state index contributed by atoms with van der Waals surface area (Å²) >= 11 is 0. The fourth-order valence-corrected chi connectivity index (χ4v) is 5.79. The van der Waals surface area contributed by atoms with Gasteiger partial charge in [0.1, 0.15) is 5.75 Å². The molecular formula is C19H23N3O6S2. The van der Waals surface area contributed by atoms with Crippen molar-refractivity contribution >= 4 is 37.3 Å². The summed E-state index contributed by atoms with van der Waals surface area (Å²) in [6, 6.07) is 9.71. The molecule has 1 saturated heterocycles. The van der Waals surface area contributed by atoms with Gasteiger partial charge in [-0.15, -0.1) is 0 Å². The lowest BCUT2D eigenvalue weighted by Gasteiger charge is -2.16. The zero-order chi connectivity index (χ0) is 21.9. The van der Waals surface area contributed by atoms with Gasteiger partial charge in [-0.1, -0.05) is 6.07 Å². The number of nitrogens with zero attached hydrogens (tertiary/aromatic N) is 1. The lowest BCUT2D eigenvalue weighted by molar-refractivity contribution is -0.114. The summed E-state index contributed by atoms with van der Waals surface area (Å²) in [4.78, 5) is 11.3. The van der Waals surface area contributed by atoms with Gasteiger partial charge in [-0.3, -0.25) is 9.52 Å². The topological polar surface area (TPSA) is 122 Å². The molecule has 2 aromatic rings. The van der Waals surface area contributed by atoms with Crippen LogP contribution in [0.25, 0.3) is 0 Å². The average Bonchev–Trinajstić information content (AvgIpc) is 3.23. The molecule has 0 bridgehead atoms. The minimum absolute atomic E-state index is 0.0262. The van der Waals surface area contributed by atoms with Crippen LogP contribution in [-0.2, 0) is 24.8 Å². The van der Waals surface area contributed by atoms with Crippen molar-refractivity contribution in [3.05, 3.63) is 42.5 Å². The minimum Gasteiger partial charge on any atom is -0.495 e. The molecular weight excluding hydrogens is 430 g/mol. The highest BCUT2D eigenvalue weighted by atomic mass is 32.2. The van der Waals surface area contributed by atoms with Crippen LogP contribution in [0.3, 0.4) is 0 Å². The van der Waals surface area contributed by atoms with Crippen LogP contribution in [0.15, 0.2) is 52.3 Å². The van der Waals surface area contributed by atoms with Crippen molar-refractivity contribution in [1.29, 1.82) is 0 Å². The SMILES string of the molecule is COc1ccc(S(=O)(=O)Nc2cccc(S(=O)(=O)N3CCCC3)c2)cc1NC(C)=O. The molecule has 0 radical (unpaired) electrons. The number of methoxy groups -OCH3 is 1. The van der Waals surface area contributed by atoms with Crippen LogP contribution >= 0.6 is 0 Å². The number of hydrogen-bond acceptors (Lipinski definition) is 6. The lowest BCUT2D eigenvalue weighted by Crippen LogP contribution is -2.27. The largest absolute Gasteiger partial charge is 0.495 e. The number of hydrogen-bond donors (Lipinski definition) is 2. The third kappa shape index (κ3) is 4.74. The summed E-state index contributed by atoms with van der Waals surface area (Å²) in [6.07, 6.45) is 1.61. The van der Waals surface area contributed by atoms with Crippen LogP contribution < -0.4 is 14.8 Å². The highest BCUT2D eigenvalue weighted by molar-refractivity contribution is 7.92. The molecule has 3 rings (SSSR count). The molecule has 1 heterocycles. The molecule has 2 N–H and O–H groups in total. The molecule has 0 unspecified atom stereocenters. The van der Waals surface area contributed by atoms with E-state index in [4.69, 9.17) is 4.74 Å².